The normalized spacial score (nSPS) is 11.7. The van der Waals surface area contributed by atoms with E-state index in [0.29, 0.717) is 28.6 Å². The number of benzene rings is 3. The molecule has 1 unspecified atom stereocenters. The lowest BCUT2D eigenvalue weighted by atomic mass is 9.95. The van der Waals surface area contributed by atoms with Gasteiger partial charge in [-0.3, -0.25) is 9.59 Å². The molecule has 7 heteroatoms. The minimum Gasteiger partial charge on any atom is -0.466 e. The molecule has 1 atom stereocenters. The third-order valence-corrected chi connectivity index (χ3v) is 6.39. The monoisotopic (exact) mass is 517 g/mol. The highest BCUT2D eigenvalue weighted by Gasteiger charge is 2.22. The average Bonchev–Trinajstić information content (AvgIpc) is 3.24. The van der Waals surface area contributed by atoms with E-state index in [1.165, 1.54) is 0 Å². The molecule has 0 saturated carbocycles. The Bertz CT molecular complexity index is 1410. The highest BCUT2D eigenvalue weighted by molar-refractivity contribution is 6.31. The van der Waals surface area contributed by atoms with Crippen molar-refractivity contribution >= 4 is 23.5 Å². The molecule has 0 aliphatic rings. The Morgan fingerprint density at radius 3 is 2.46 bits per heavy atom. The van der Waals surface area contributed by atoms with Crippen LogP contribution < -0.4 is 0 Å². The van der Waals surface area contributed by atoms with E-state index in [9.17, 15) is 9.59 Å². The second-order valence-electron chi connectivity index (χ2n) is 8.63. The number of nitrogens with zero attached hydrogens (tertiary/aromatic N) is 1. The van der Waals surface area contributed by atoms with E-state index in [4.69, 9.17) is 25.6 Å². The van der Waals surface area contributed by atoms with Crippen molar-refractivity contribution in [3.63, 3.8) is 0 Å². The number of ether oxygens (including phenoxy) is 2. The molecule has 0 aliphatic heterocycles. The summed E-state index contributed by atoms with van der Waals surface area (Å²) in [4.78, 5) is 25.0. The van der Waals surface area contributed by atoms with Crippen molar-refractivity contribution in [2.75, 3.05) is 6.61 Å². The van der Waals surface area contributed by atoms with E-state index >= 15 is 0 Å². The molecule has 0 bridgehead atoms. The molecule has 1 aromatic heterocycles. The maximum Gasteiger partial charge on any atom is 0.311 e. The third-order valence-electron chi connectivity index (χ3n) is 6.05. The van der Waals surface area contributed by atoms with Crippen LogP contribution in [0.4, 0.5) is 0 Å². The molecule has 0 amide bonds. The van der Waals surface area contributed by atoms with Gasteiger partial charge in [0.15, 0.2) is 5.76 Å². The second-order valence-corrected chi connectivity index (χ2v) is 9.03. The smallest absolute Gasteiger partial charge is 0.311 e. The fourth-order valence-electron chi connectivity index (χ4n) is 4.23. The zero-order valence-electron chi connectivity index (χ0n) is 21.0. The largest absolute Gasteiger partial charge is 0.466 e. The summed E-state index contributed by atoms with van der Waals surface area (Å²) < 4.78 is 16.5. The molecule has 3 aromatic carbocycles. The van der Waals surface area contributed by atoms with Gasteiger partial charge in [-0.05, 0) is 49.6 Å². The van der Waals surface area contributed by atoms with E-state index in [-0.39, 0.29) is 18.8 Å². The zero-order chi connectivity index (χ0) is 26.4. The SMILES string of the molecule is CCOC(=O)Cc1ccccc1-c1cccc(-c2onc(C)c2CC(=O)OC(C)c2ccccc2Cl)c1. The first-order valence-corrected chi connectivity index (χ1v) is 12.5. The molecule has 190 valence electrons. The molecular weight excluding hydrogens is 490 g/mol. The fourth-order valence-corrected chi connectivity index (χ4v) is 4.52. The van der Waals surface area contributed by atoms with Gasteiger partial charge in [-0.15, -0.1) is 0 Å². The number of aryl methyl sites for hydroxylation is 1. The number of carbonyl (C=O) groups is 2. The molecule has 0 aliphatic carbocycles. The van der Waals surface area contributed by atoms with E-state index in [1.807, 2.05) is 66.7 Å². The fraction of sp³-hybridized carbons (Fsp3) is 0.233. The number of carbonyl (C=O) groups excluding carboxylic acids is 2. The van der Waals surface area contributed by atoms with Crippen LogP contribution in [0.1, 0.15) is 42.3 Å². The molecule has 1 heterocycles. The van der Waals surface area contributed by atoms with Gasteiger partial charge in [0.2, 0.25) is 0 Å². The summed E-state index contributed by atoms with van der Waals surface area (Å²) in [5, 5.41) is 4.66. The molecule has 37 heavy (non-hydrogen) atoms. The van der Waals surface area contributed by atoms with Crippen LogP contribution in [0.5, 0.6) is 0 Å². The van der Waals surface area contributed by atoms with Gasteiger partial charge >= 0.3 is 11.9 Å². The van der Waals surface area contributed by atoms with Crippen molar-refractivity contribution in [1.29, 1.82) is 0 Å². The van der Waals surface area contributed by atoms with Crippen molar-refractivity contribution < 1.29 is 23.6 Å². The molecule has 0 radical (unpaired) electrons. The maximum atomic E-state index is 12.9. The summed E-state index contributed by atoms with van der Waals surface area (Å²) in [6.07, 6.45) is -0.316. The molecule has 0 spiro atoms. The van der Waals surface area contributed by atoms with Crippen LogP contribution in [0.15, 0.2) is 77.3 Å². The average molecular weight is 518 g/mol. The van der Waals surface area contributed by atoms with Gasteiger partial charge in [-0.2, -0.15) is 0 Å². The van der Waals surface area contributed by atoms with Crippen molar-refractivity contribution in [3.8, 4) is 22.5 Å². The molecule has 4 rings (SSSR count). The van der Waals surface area contributed by atoms with Gasteiger partial charge in [0, 0.05) is 21.7 Å². The lowest BCUT2D eigenvalue weighted by Gasteiger charge is -2.15. The quantitative estimate of drug-likeness (QED) is 0.224. The third kappa shape index (κ3) is 6.27. The highest BCUT2D eigenvalue weighted by atomic mass is 35.5. The van der Waals surface area contributed by atoms with E-state index in [0.717, 1.165) is 27.8 Å². The zero-order valence-corrected chi connectivity index (χ0v) is 21.7. The topological polar surface area (TPSA) is 78.6 Å². The summed E-state index contributed by atoms with van der Waals surface area (Å²) in [5.74, 6) is -0.177. The summed E-state index contributed by atoms with van der Waals surface area (Å²) in [5.41, 5.74) is 5.48. The molecule has 0 N–H and O–H groups in total. The van der Waals surface area contributed by atoms with Gasteiger partial charge in [0.05, 0.1) is 25.1 Å². The van der Waals surface area contributed by atoms with Crippen LogP contribution in [0, 0.1) is 6.92 Å². The molecule has 0 saturated heterocycles. The summed E-state index contributed by atoms with van der Waals surface area (Å²) in [7, 11) is 0. The van der Waals surface area contributed by atoms with Crippen molar-refractivity contribution in [3.05, 3.63) is 100 Å². The van der Waals surface area contributed by atoms with Gasteiger partial charge in [0.25, 0.3) is 0 Å². The summed E-state index contributed by atoms with van der Waals surface area (Å²) in [6.45, 7) is 5.71. The van der Waals surface area contributed by atoms with Gasteiger partial charge in [-0.1, -0.05) is 77.4 Å². The molecule has 4 aromatic rings. The maximum absolute atomic E-state index is 12.9. The lowest BCUT2D eigenvalue weighted by Crippen LogP contribution is -2.12. The van der Waals surface area contributed by atoms with Crippen LogP contribution in [0.3, 0.4) is 0 Å². The summed E-state index contributed by atoms with van der Waals surface area (Å²) >= 11 is 6.25. The Morgan fingerprint density at radius 1 is 0.946 bits per heavy atom. The Balaban J connectivity index is 1.58. The van der Waals surface area contributed by atoms with Crippen LogP contribution in [0.25, 0.3) is 22.5 Å². The minimum absolute atomic E-state index is 0.00311. The Morgan fingerprint density at radius 2 is 1.68 bits per heavy atom. The van der Waals surface area contributed by atoms with Gasteiger partial charge in [-0.25, -0.2) is 0 Å². The van der Waals surface area contributed by atoms with Gasteiger partial charge < -0.3 is 14.0 Å². The van der Waals surface area contributed by atoms with Crippen molar-refractivity contribution in [2.24, 2.45) is 0 Å². The lowest BCUT2D eigenvalue weighted by molar-refractivity contribution is -0.147. The number of aromatic nitrogens is 1. The highest BCUT2D eigenvalue weighted by Crippen LogP contribution is 2.33. The second kappa shape index (κ2) is 11.9. The number of hydrogen-bond donors (Lipinski definition) is 0. The van der Waals surface area contributed by atoms with E-state index in [1.54, 1.807) is 26.8 Å². The number of hydrogen-bond acceptors (Lipinski definition) is 6. The molecule has 6 nitrogen and oxygen atoms in total. The first-order chi connectivity index (χ1) is 17.9. The van der Waals surface area contributed by atoms with Crippen LogP contribution in [-0.4, -0.2) is 23.7 Å². The van der Waals surface area contributed by atoms with Gasteiger partial charge in [0.1, 0.15) is 6.10 Å². The van der Waals surface area contributed by atoms with E-state index < -0.39 is 12.1 Å². The summed E-state index contributed by atoms with van der Waals surface area (Å²) in [6, 6.07) is 22.7. The van der Waals surface area contributed by atoms with E-state index in [2.05, 4.69) is 5.16 Å². The number of rotatable bonds is 9. The predicted octanol–water partition coefficient (Wildman–Crippen LogP) is 6.92. The standard InChI is InChI=1S/C30H28ClNO5/c1-4-35-28(33)17-22-10-5-6-14-25(22)21-11-9-12-23(16-21)30-26(19(2)32-37-30)18-29(34)36-20(3)24-13-7-8-15-27(24)31/h5-16,20H,4,17-18H2,1-3H3. The first-order valence-electron chi connectivity index (χ1n) is 12.1. The Hall–Kier alpha value is -3.90. The molecular formula is C30H28ClNO5. The predicted molar refractivity (Wildman–Crippen MR) is 142 cm³/mol. The molecule has 0 fully saturated rings. The first kappa shape index (κ1) is 26.2. The number of esters is 2. The van der Waals surface area contributed by atoms with Crippen molar-refractivity contribution in [2.45, 2.75) is 39.7 Å². The minimum atomic E-state index is -0.496. The Kier molecular flexibility index (Phi) is 8.41. The Labute approximate surface area is 221 Å². The van der Waals surface area contributed by atoms with Crippen molar-refractivity contribution in [1.82, 2.24) is 5.16 Å². The van der Waals surface area contributed by atoms with Crippen LogP contribution in [0.2, 0.25) is 5.02 Å². The van der Waals surface area contributed by atoms with Crippen LogP contribution in [-0.2, 0) is 31.9 Å². The van der Waals surface area contributed by atoms with Crippen LogP contribution >= 0.6 is 11.6 Å². The number of halogens is 1.